The highest BCUT2D eigenvalue weighted by Crippen LogP contribution is 2.43. The van der Waals surface area contributed by atoms with Crippen LogP contribution >= 0.6 is 0 Å². The van der Waals surface area contributed by atoms with Crippen LogP contribution in [0.1, 0.15) is 58.3 Å². The predicted molar refractivity (Wildman–Crippen MR) is 75.3 cm³/mol. The molecule has 0 bridgehead atoms. The fourth-order valence-corrected chi connectivity index (χ4v) is 3.98. The average molecular weight is 262 g/mol. The zero-order valence-electron chi connectivity index (χ0n) is 12.1. The summed E-state index contributed by atoms with van der Waals surface area (Å²) in [4.78, 5) is 14.3. The van der Waals surface area contributed by atoms with Crippen molar-refractivity contribution in [1.29, 1.82) is 5.26 Å². The summed E-state index contributed by atoms with van der Waals surface area (Å²) in [6.45, 7) is 3.06. The first-order valence-corrected chi connectivity index (χ1v) is 7.92. The van der Waals surface area contributed by atoms with Crippen molar-refractivity contribution in [3.8, 4) is 6.07 Å². The summed E-state index contributed by atoms with van der Waals surface area (Å²) in [5.74, 6) is 2.10. The first kappa shape index (κ1) is 14.4. The molecule has 2 fully saturated rings. The van der Waals surface area contributed by atoms with Gasteiger partial charge in [0.2, 0.25) is 5.91 Å². The van der Waals surface area contributed by atoms with Crippen molar-refractivity contribution in [2.75, 3.05) is 13.1 Å². The van der Waals surface area contributed by atoms with E-state index in [0.29, 0.717) is 0 Å². The van der Waals surface area contributed by atoms with Gasteiger partial charge in [-0.2, -0.15) is 5.26 Å². The molecule has 0 aromatic heterocycles. The van der Waals surface area contributed by atoms with Crippen molar-refractivity contribution < 1.29 is 4.79 Å². The number of fused-ring (bicyclic) bond motifs is 1. The Balaban J connectivity index is 1.93. The lowest BCUT2D eigenvalue weighted by Gasteiger charge is -2.39. The van der Waals surface area contributed by atoms with Crippen molar-refractivity contribution in [3.63, 3.8) is 0 Å². The van der Waals surface area contributed by atoms with Crippen LogP contribution in [0.5, 0.6) is 0 Å². The van der Waals surface area contributed by atoms with Crippen LogP contribution in [0.3, 0.4) is 0 Å². The Hall–Kier alpha value is -1.04. The molecule has 0 N–H and O–H groups in total. The minimum absolute atomic E-state index is 0.194. The van der Waals surface area contributed by atoms with Gasteiger partial charge in [-0.05, 0) is 37.5 Å². The van der Waals surface area contributed by atoms with Gasteiger partial charge in [0.25, 0.3) is 0 Å². The maximum absolute atomic E-state index is 12.5. The van der Waals surface area contributed by atoms with Gasteiger partial charge in [0.1, 0.15) is 6.54 Å². The highest BCUT2D eigenvalue weighted by Gasteiger charge is 2.36. The molecule has 0 radical (unpaired) electrons. The third kappa shape index (κ3) is 3.49. The van der Waals surface area contributed by atoms with Gasteiger partial charge in [0.15, 0.2) is 0 Å². The van der Waals surface area contributed by atoms with Crippen molar-refractivity contribution >= 4 is 5.91 Å². The number of hydrogen-bond acceptors (Lipinski definition) is 2. The van der Waals surface area contributed by atoms with Gasteiger partial charge in [0, 0.05) is 12.5 Å². The molecule has 0 aliphatic heterocycles. The number of nitrogens with zero attached hydrogens (tertiary/aromatic N) is 2. The van der Waals surface area contributed by atoms with E-state index in [-0.39, 0.29) is 18.4 Å². The van der Waals surface area contributed by atoms with E-state index in [9.17, 15) is 4.79 Å². The van der Waals surface area contributed by atoms with Crippen molar-refractivity contribution in [2.45, 2.75) is 58.3 Å². The van der Waals surface area contributed by atoms with Gasteiger partial charge >= 0.3 is 0 Å². The summed E-state index contributed by atoms with van der Waals surface area (Å²) in [5, 5.41) is 8.85. The topological polar surface area (TPSA) is 44.1 Å². The quantitative estimate of drug-likeness (QED) is 0.729. The molecule has 19 heavy (non-hydrogen) atoms. The SMILES string of the molecule is CCCN(CC#N)C(=O)C1CCC2CCCCC2C1. The molecule has 3 unspecified atom stereocenters. The van der Waals surface area contributed by atoms with Gasteiger partial charge < -0.3 is 4.90 Å². The Morgan fingerprint density at radius 2 is 1.95 bits per heavy atom. The third-order valence-electron chi connectivity index (χ3n) is 4.96. The van der Waals surface area contributed by atoms with Crippen molar-refractivity contribution in [1.82, 2.24) is 4.90 Å². The van der Waals surface area contributed by atoms with E-state index in [2.05, 4.69) is 13.0 Å². The van der Waals surface area contributed by atoms with Crippen LogP contribution in [0.25, 0.3) is 0 Å². The van der Waals surface area contributed by atoms with Gasteiger partial charge in [-0.1, -0.05) is 32.6 Å². The van der Waals surface area contributed by atoms with Gasteiger partial charge in [0.05, 0.1) is 6.07 Å². The second-order valence-electron chi connectivity index (χ2n) is 6.23. The van der Waals surface area contributed by atoms with Crippen LogP contribution in [0, 0.1) is 29.1 Å². The maximum atomic E-state index is 12.5. The summed E-state index contributed by atoms with van der Waals surface area (Å²) in [6, 6.07) is 2.13. The van der Waals surface area contributed by atoms with E-state index in [1.807, 2.05) is 0 Å². The van der Waals surface area contributed by atoms with Crippen LogP contribution in [-0.4, -0.2) is 23.9 Å². The molecule has 106 valence electrons. The van der Waals surface area contributed by atoms with E-state index in [0.717, 1.165) is 37.6 Å². The summed E-state index contributed by atoms with van der Waals surface area (Å²) in [7, 11) is 0. The molecule has 3 heteroatoms. The minimum atomic E-state index is 0.194. The minimum Gasteiger partial charge on any atom is -0.329 e. The van der Waals surface area contributed by atoms with Crippen LogP contribution in [-0.2, 0) is 4.79 Å². The van der Waals surface area contributed by atoms with Crippen molar-refractivity contribution in [3.05, 3.63) is 0 Å². The Bertz CT molecular complexity index is 347. The molecule has 0 heterocycles. The van der Waals surface area contributed by atoms with Crippen LogP contribution in [0.15, 0.2) is 0 Å². The average Bonchev–Trinajstić information content (AvgIpc) is 2.46. The summed E-state index contributed by atoms with van der Waals surface area (Å²) < 4.78 is 0. The molecule has 0 aromatic rings. The standard InChI is InChI=1S/C16H26N2O/c1-2-10-18(11-9-17)16(19)15-8-7-13-5-3-4-6-14(13)12-15/h13-15H,2-8,10-12H2,1H3. The van der Waals surface area contributed by atoms with E-state index < -0.39 is 0 Å². The zero-order chi connectivity index (χ0) is 13.7. The number of carbonyl (C=O) groups excluding carboxylic acids is 1. The van der Waals surface area contributed by atoms with Gasteiger partial charge in [-0.15, -0.1) is 0 Å². The molecule has 1 amide bonds. The third-order valence-corrected chi connectivity index (χ3v) is 4.96. The molecule has 2 rings (SSSR count). The second kappa shape index (κ2) is 6.93. The molecular formula is C16H26N2O. The molecule has 3 nitrogen and oxygen atoms in total. The molecular weight excluding hydrogens is 236 g/mol. The molecule has 0 aromatic carbocycles. The molecule has 3 atom stereocenters. The fourth-order valence-electron chi connectivity index (χ4n) is 3.98. The number of hydrogen-bond donors (Lipinski definition) is 0. The lowest BCUT2D eigenvalue weighted by molar-refractivity contribution is -0.137. The van der Waals surface area contributed by atoms with Crippen molar-refractivity contribution in [2.24, 2.45) is 17.8 Å². The monoisotopic (exact) mass is 262 g/mol. The largest absolute Gasteiger partial charge is 0.329 e. The smallest absolute Gasteiger partial charge is 0.226 e. The molecule has 2 aliphatic rings. The summed E-state index contributed by atoms with van der Waals surface area (Å²) in [6.07, 6.45) is 9.72. The van der Waals surface area contributed by atoms with E-state index in [4.69, 9.17) is 5.26 Å². The predicted octanol–water partition coefficient (Wildman–Crippen LogP) is 3.36. The fraction of sp³-hybridized carbons (Fsp3) is 0.875. The van der Waals surface area contributed by atoms with Gasteiger partial charge in [-0.3, -0.25) is 4.79 Å². The summed E-state index contributed by atoms with van der Waals surface area (Å²) >= 11 is 0. The highest BCUT2D eigenvalue weighted by molar-refractivity contribution is 5.79. The van der Waals surface area contributed by atoms with Crippen LogP contribution in [0.4, 0.5) is 0 Å². The Kier molecular flexibility index (Phi) is 5.24. The first-order chi connectivity index (χ1) is 9.26. The molecule has 0 spiro atoms. The lowest BCUT2D eigenvalue weighted by Crippen LogP contribution is -2.40. The Labute approximate surface area is 117 Å². The van der Waals surface area contributed by atoms with E-state index in [1.165, 1.54) is 32.1 Å². The number of rotatable bonds is 4. The zero-order valence-corrected chi connectivity index (χ0v) is 12.1. The van der Waals surface area contributed by atoms with Gasteiger partial charge in [-0.25, -0.2) is 0 Å². The molecule has 0 saturated heterocycles. The number of carbonyl (C=O) groups is 1. The maximum Gasteiger partial charge on any atom is 0.226 e. The number of nitriles is 1. The Morgan fingerprint density at radius 1 is 1.21 bits per heavy atom. The van der Waals surface area contributed by atoms with Crippen LogP contribution in [0.2, 0.25) is 0 Å². The lowest BCUT2D eigenvalue weighted by atomic mass is 9.67. The Morgan fingerprint density at radius 3 is 2.63 bits per heavy atom. The first-order valence-electron chi connectivity index (χ1n) is 7.92. The van der Waals surface area contributed by atoms with Crippen LogP contribution < -0.4 is 0 Å². The normalized spacial score (nSPS) is 30.2. The van der Waals surface area contributed by atoms with E-state index in [1.54, 1.807) is 4.90 Å². The number of amides is 1. The molecule has 2 aliphatic carbocycles. The molecule has 2 saturated carbocycles. The van der Waals surface area contributed by atoms with E-state index >= 15 is 0 Å². The second-order valence-corrected chi connectivity index (χ2v) is 6.23. The highest BCUT2D eigenvalue weighted by atomic mass is 16.2. The summed E-state index contributed by atoms with van der Waals surface area (Å²) in [5.41, 5.74) is 0.